The molecule has 0 unspecified atom stereocenters. The zero-order chi connectivity index (χ0) is 23.3. The molecule has 1 aromatic heterocycles. The maximum atomic E-state index is 12.8. The number of methoxy groups -OCH3 is 1. The molecule has 0 aromatic carbocycles. The molecule has 6 nitrogen and oxygen atoms in total. The van der Waals surface area contributed by atoms with Crippen LogP contribution in [0.4, 0.5) is 5.69 Å². The van der Waals surface area contributed by atoms with Crippen LogP contribution in [0, 0.1) is 17.3 Å². The van der Waals surface area contributed by atoms with Crippen molar-refractivity contribution in [3.63, 3.8) is 0 Å². The molecule has 0 saturated carbocycles. The maximum Gasteiger partial charge on any atom is 0.350 e. The van der Waals surface area contributed by atoms with E-state index in [1.54, 1.807) is 26.8 Å². The van der Waals surface area contributed by atoms with Gasteiger partial charge in [0, 0.05) is 5.41 Å². The van der Waals surface area contributed by atoms with Gasteiger partial charge in [0.05, 0.1) is 29.9 Å². The summed E-state index contributed by atoms with van der Waals surface area (Å²) in [7, 11) is 1.32. The second-order valence-corrected chi connectivity index (χ2v) is 11.1. The molecule has 0 aliphatic carbocycles. The fourth-order valence-electron chi connectivity index (χ4n) is 2.12. The Hall–Kier alpha value is -2.04. The predicted octanol–water partition coefficient (Wildman–Crippen LogP) is 4.87. The van der Waals surface area contributed by atoms with Gasteiger partial charge in [-0.05, 0) is 68.4 Å². The van der Waals surface area contributed by atoms with Gasteiger partial charge in [0.25, 0.3) is 0 Å². The number of thiophene rings is 1. The zero-order valence-corrected chi connectivity index (χ0v) is 20.6. The Morgan fingerprint density at radius 2 is 1.67 bits per heavy atom. The molecule has 1 aromatic rings. The van der Waals surface area contributed by atoms with Gasteiger partial charge in [-0.3, -0.25) is 0 Å². The van der Waals surface area contributed by atoms with E-state index in [4.69, 9.17) is 14.2 Å². The van der Waals surface area contributed by atoms with Crippen LogP contribution in [0.2, 0.25) is 0 Å². The first-order valence-corrected chi connectivity index (χ1v) is 10.7. The zero-order valence-electron chi connectivity index (χ0n) is 19.8. The van der Waals surface area contributed by atoms with E-state index in [-0.39, 0.29) is 12.0 Å². The van der Waals surface area contributed by atoms with Gasteiger partial charge in [-0.15, -0.1) is 11.3 Å². The Morgan fingerprint density at radius 3 is 2.13 bits per heavy atom. The van der Waals surface area contributed by atoms with Gasteiger partial charge in [-0.1, -0.05) is 11.8 Å². The van der Waals surface area contributed by atoms with Crippen LogP contribution in [0.3, 0.4) is 0 Å². The van der Waals surface area contributed by atoms with Crippen LogP contribution >= 0.6 is 11.3 Å². The van der Waals surface area contributed by atoms with Gasteiger partial charge in [-0.25, -0.2) is 9.59 Å². The van der Waals surface area contributed by atoms with Crippen molar-refractivity contribution in [3.8, 4) is 11.8 Å². The van der Waals surface area contributed by atoms with Crippen molar-refractivity contribution < 1.29 is 23.8 Å². The SMILES string of the molecule is COC(=O)c1sc(C#CC(C)(C)C)cc1N[C@@H](COC(C)(C)C)C(=O)OC(C)(C)C. The third-order valence-corrected chi connectivity index (χ3v) is 4.40. The quantitative estimate of drug-likeness (QED) is 0.506. The average molecular weight is 438 g/mol. The molecule has 7 heteroatoms. The average Bonchev–Trinajstić information content (AvgIpc) is 2.96. The van der Waals surface area contributed by atoms with Crippen molar-refractivity contribution in [2.75, 3.05) is 19.0 Å². The first kappa shape index (κ1) is 26.0. The van der Waals surface area contributed by atoms with Crippen molar-refractivity contribution in [2.24, 2.45) is 5.41 Å². The minimum Gasteiger partial charge on any atom is -0.465 e. The van der Waals surface area contributed by atoms with Crippen LogP contribution in [0.5, 0.6) is 0 Å². The number of anilines is 1. The summed E-state index contributed by atoms with van der Waals surface area (Å²) in [5.41, 5.74) is -0.797. The lowest BCUT2D eigenvalue weighted by Gasteiger charge is -2.27. The highest BCUT2D eigenvalue weighted by Gasteiger charge is 2.29. The van der Waals surface area contributed by atoms with Crippen molar-refractivity contribution in [3.05, 3.63) is 15.8 Å². The van der Waals surface area contributed by atoms with Crippen LogP contribution in [0.25, 0.3) is 0 Å². The van der Waals surface area contributed by atoms with Gasteiger partial charge in [0.1, 0.15) is 16.5 Å². The molecule has 0 radical (unpaired) electrons. The minimum atomic E-state index is -0.801. The molecule has 0 bridgehead atoms. The first-order valence-electron chi connectivity index (χ1n) is 9.89. The maximum absolute atomic E-state index is 12.8. The Kier molecular flexibility index (Phi) is 8.53. The van der Waals surface area contributed by atoms with Gasteiger partial charge >= 0.3 is 11.9 Å². The monoisotopic (exact) mass is 437 g/mol. The smallest absolute Gasteiger partial charge is 0.350 e. The molecule has 0 aliphatic heterocycles. The minimum absolute atomic E-state index is 0.0812. The molecule has 1 atom stereocenters. The third kappa shape index (κ3) is 9.64. The molecule has 0 aliphatic rings. The number of esters is 2. The van der Waals surface area contributed by atoms with Crippen LogP contribution < -0.4 is 5.32 Å². The second-order valence-electron chi connectivity index (χ2n) is 10.00. The molecule has 1 heterocycles. The largest absolute Gasteiger partial charge is 0.465 e. The van der Waals surface area contributed by atoms with E-state index in [0.29, 0.717) is 15.4 Å². The van der Waals surface area contributed by atoms with Gasteiger partial charge in [0.2, 0.25) is 0 Å². The molecule has 0 spiro atoms. The Balaban J connectivity index is 3.27. The summed E-state index contributed by atoms with van der Waals surface area (Å²) in [4.78, 5) is 26.1. The topological polar surface area (TPSA) is 73.9 Å². The van der Waals surface area contributed by atoms with E-state index in [0.717, 1.165) is 0 Å². The van der Waals surface area contributed by atoms with Crippen LogP contribution in [-0.2, 0) is 19.0 Å². The van der Waals surface area contributed by atoms with Gasteiger partial charge in [0.15, 0.2) is 0 Å². The lowest BCUT2D eigenvalue weighted by Crippen LogP contribution is -2.41. The standard InChI is InChI=1S/C23H35NO5S/c1-21(2,3)12-11-15-13-16(18(30-15)20(26)27-10)24-17(14-28-22(4,5)6)19(25)29-23(7,8)9/h13,17,24H,14H2,1-10H3/t17-/m0/s1. The van der Waals surface area contributed by atoms with Crippen LogP contribution in [0.15, 0.2) is 6.07 Å². The highest BCUT2D eigenvalue weighted by molar-refractivity contribution is 7.15. The Morgan fingerprint density at radius 1 is 1.07 bits per heavy atom. The number of rotatable bonds is 6. The summed E-state index contributed by atoms with van der Waals surface area (Å²) < 4.78 is 16.3. The van der Waals surface area contributed by atoms with Crippen molar-refractivity contribution in [1.29, 1.82) is 0 Å². The molecule has 1 N–H and O–H groups in total. The lowest BCUT2D eigenvalue weighted by atomic mass is 9.98. The molecule has 0 saturated heterocycles. The highest BCUT2D eigenvalue weighted by Crippen LogP contribution is 2.29. The second kappa shape index (κ2) is 9.84. The van der Waals surface area contributed by atoms with Crippen molar-refractivity contribution >= 4 is 29.0 Å². The van der Waals surface area contributed by atoms with Gasteiger partial charge in [-0.2, -0.15) is 0 Å². The molecule has 0 amide bonds. The number of hydrogen-bond donors (Lipinski definition) is 1. The van der Waals surface area contributed by atoms with E-state index in [9.17, 15) is 9.59 Å². The molecular weight excluding hydrogens is 402 g/mol. The molecular formula is C23H35NO5S. The fraction of sp³-hybridized carbons (Fsp3) is 0.652. The normalized spacial score (nSPS) is 13.1. The number of ether oxygens (including phenoxy) is 3. The number of hydrogen-bond acceptors (Lipinski definition) is 7. The fourth-order valence-corrected chi connectivity index (χ4v) is 3.01. The predicted molar refractivity (Wildman–Crippen MR) is 121 cm³/mol. The molecule has 1 rings (SSSR count). The Labute approximate surface area is 184 Å². The summed E-state index contributed by atoms with van der Waals surface area (Å²) in [6, 6.07) is 0.953. The number of carbonyl (C=O) groups excluding carboxylic acids is 2. The summed E-state index contributed by atoms with van der Waals surface area (Å²) in [5.74, 6) is 5.29. The van der Waals surface area contributed by atoms with Gasteiger partial charge < -0.3 is 19.5 Å². The third-order valence-electron chi connectivity index (χ3n) is 3.37. The number of carbonyl (C=O) groups is 2. The van der Waals surface area contributed by atoms with E-state index < -0.39 is 29.2 Å². The van der Waals surface area contributed by atoms with Crippen molar-refractivity contribution in [1.82, 2.24) is 0 Å². The van der Waals surface area contributed by atoms with E-state index in [1.165, 1.54) is 18.4 Å². The number of nitrogens with one attached hydrogen (secondary N) is 1. The summed E-state index contributed by atoms with van der Waals surface area (Å²) in [5, 5.41) is 3.12. The molecule has 168 valence electrons. The first-order chi connectivity index (χ1) is 13.5. The van der Waals surface area contributed by atoms with Crippen LogP contribution in [0.1, 0.15) is 76.9 Å². The summed E-state index contributed by atoms with van der Waals surface area (Å²) >= 11 is 1.22. The van der Waals surface area contributed by atoms with E-state index in [2.05, 4.69) is 17.2 Å². The Bertz CT molecular complexity index is 810. The lowest BCUT2D eigenvalue weighted by molar-refractivity contribution is -0.158. The highest BCUT2D eigenvalue weighted by atomic mass is 32.1. The van der Waals surface area contributed by atoms with E-state index >= 15 is 0 Å². The molecule has 30 heavy (non-hydrogen) atoms. The summed E-state index contributed by atoms with van der Waals surface area (Å²) in [6.45, 7) is 17.2. The van der Waals surface area contributed by atoms with E-state index in [1.807, 2.05) is 41.5 Å². The molecule has 0 fully saturated rings. The van der Waals surface area contributed by atoms with Crippen LogP contribution in [-0.4, -0.2) is 42.9 Å². The van der Waals surface area contributed by atoms with Crippen molar-refractivity contribution in [2.45, 2.75) is 79.6 Å². The summed E-state index contributed by atoms with van der Waals surface area (Å²) in [6.07, 6.45) is 0.